The standard InChI is InChI=1S/C18H18Cl2N2OS/c1-2-12-5-3-4-6-16(12)21-18(23)22-9-10-24-17(22)14-8-7-13(19)11-15(14)20/h3-8,11,17H,2,9-10H2,1H3,(H,21,23)/t17-/m1/s1. The number of anilines is 1. The van der Waals surface area contributed by atoms with Crippen molar-refractivity contribution in [1.82, 2.24) is 4.90 Å². The monoisotopic (exact) mass is 380 g/mol. The first kappa shape index (κ1) is 17.5. The molecule has 0 radical (unpaired) electrons. The summed E-state index contributed by atoms with van der Waals surface area (Å²) < 4.78 is 0. The van der Waals surface area contributed by atoms with Crippen LogP contribution in [0.25, 0.3) is 0 Å². The molecule has 1 aliphatic rings. The lowest BCUT2D eigenvalue weighted by atomic mass is 10.1. The van der Waals surface area contributed by atoms with Crippen molar-refractivity contribution in [1.29, 1.82) is 0 Å². The molecule has 24 heavy (non-hydrogen) atoms. The predicted molar refractivity (Wildman–Crippen MR) is 103 cm³/mol. The molecule has 0 aromatic heterocycles. The van der Waals surface area contributed by atoms with Gasteiger partial charge in [-0.25, -0.2) is 4.79 Å². The molecular weight excluding hydrogens is 363 g/mol. The van der Waals surface area contributed by atoms with Crippen LogP contribution in [-0.2, 0) is 6.42 Å². The molecule has 1 aliphatic heterocycles. The number of nitrogens with one attached hydrogen (secondary N) is 1. The zero-order chi connectivity index (χ0) is 17.1. The maximum atomic E-state index is 12.8. The molecule has 1 heterocycles. The van der Waals surface area contributed by atoms with Gasteiger partial charge in [-0.15, -0.1) is 11.8 Å². The van der Waals surface area contributed by atoms with Gasteiger partial charge >= 0.3 is 6.03 Å². The zero-order valence-corrected chi connectivity index (χ0v) is 15.6. The van der Waals surface area contributed by atoms with E-state index < -0.39 is 0 Å². The second-order valence-corrected chi connectivity index (χ2v) is 7.55. The van der Waals surface area contributed by atoms with Crippen LogP contribution in [0.5, 0.6) is 0 Å². The fourth-order valence-corrected chi connectivity index (χ4v) is 4.64. The van der Waals surface area contributed by atoms with E-state index in [0.717, 1.165) is 29.0 Å². The highest BCUT2D eigenvalue weighted by atomic mass is 35.5. The second-order valence-electron chi connectivity index (χ2n) is 5.52. The van der Waals surface area contributed by atoms with Crippen molar-refractivity contribution in [3.63, 3.8) is 0 Å². The van der Waals surface area contributed by atoms with Gasteiger partial charge in [0.2, 0.25) is 0 Å². The van der Waals surface area contributed by atoms with Gasteiger partial charge in [-0.3, -0.25) is 0 Å². The molecule has 126 valence electrons. The summed E-state index contributed by atoms with van der Waals surface area (Å²) in [5.41, 5.74) is 2.91. The molecule has 1 fully saturated rings. The molecule has 3 rings (SSSR count). The van der Waals surface area contributed by atoms with E-state index in [9.17, 15) is 4.79 Å². The minimum absolute atomic E-state index is 0.0939. The predicted octanol–water partition coefficient (Wildman–Crippen LogP) is 5.84. The average Bonchev–Trinajstić information content (AvgIpc) is 3.05. The van der Waals surface area contributed by atoms with E-state index in [0.29, 0.717) is 16.6 Å². The van der Waals surface area contributed by atoms with Gasteiger partial charge < -0.3 is 10.2 Å². The molecule has 6 heteroatoms. The largest absolute Gasteiger partial charge is 0.323 e. The Balaban J connectivity index is 1.81. The van der Waals surface area contributed by atoms with Crippen LogP contribution in [0, 0.1) is 0 Å². The van der Waals surface area contributed by atoms with E-state index in [1.54, 1.807) is 17.8 Å². The molecule has 2 aromatic carbocycles. The van der Waals surface area contributed by atoms with Crippen molar-refractivity contribution in [2.45, 2.75) is 18.7 Å². The van der Waals surface area contributed by atoms with Gasteiger partial charge in [-0.05, 0) is 30.2 Å². The van der Waals surface area contributed by atoms with E-state index in [-0.39, 0.29) is 11.4 Å². The van der Waals surface area contributed by atoms with Crippen LogP contribution in [0.3, 0.4) is 0 Å². The molecule has 1 atom stereocenters. The fraction of sp³-hybridized carbons (Fsp3) is 0.278. The highest BCUT2D eigenvalue weighted by molar-refractivity contribution is 7.99. The van der Waals surface area contributed by atoms with Crippen LogP contribution in [-0.4, -0.2) is 23.2 Å². The third-order valence-corrected chi connectivity index (χ3v) is 5.83. The van der Waals surface area contributed by atoms with Gasteiger partial charge in [0, 0.05) is 33.6 Å². The van der Waals surface area contributed by atoms with Crippen LogP contribution in [0.1, 0.15) is 23.4 Å². The number of halogens is 2. The van der Waals surface area contributed by atoms with Crippen molar-refractivity contribution >= 4 is 46.7 Å². The number of benzene rings is 2. The van der Waals surface area contributed by atoms with Gasteiger partial charge in [0.15, 0.2) is 0 Å². The van der Waals surface area contributed by atoms with Crippen molar-refractivity contribution in [2.24, 2.45) is 0 Å². The Morgan fingerprint density at radius 1 is 1.29 bits per heavy atom. The zero-order valence-electron chi connectivity index (χ0n) is 13.3. The van der Waals surface area contributed by atoms with E-state index in [1.807, 2.05) is 41.3 Å². The summed E-state index contributed by atoms with van der Waals surface area (Å²) in [7, 11) is 0. The number of thioether (sulfide) groups is 1. The Morgan fingerprint density at radius 2 is 2.08 bits per heavy atom. The Labute approximate surface area is 156 Å². The molecule has 0 saturated carbocycles. The van der Waals surface area contributed by atoms with Crippen LogP contribution in [0.2, 0.25) is 10.0 Å². The summed E-state index contributed by atoms with van der Waals surface area (Å²) in [4.78, 5) is 14.6. The molecule has 3 nitrogen and oxygen atoms in total. The molecule has 2 amide bonds. The molecule has 2 aromatic rings. The first-order chi connectivity index (χ1) is 11.6. The van der Waals surface area contributed by atoms with Crippen molar-refractivity contribution in [2.75, 3.05) is 17.6 Å². The van der Waals surface area contributed by atoms with Crippen molar-refractivity contribution in [3.05, 3.63) is 63.6 Å². The van der Waals surface area contributed by atoms with E-state index >= 15 is 0 Å². The first-order valence-electron chi connectivity index (χ1n) is 7.82. The molecule has 0 aliphatic carbocycles. The summed E-state index contributed by atoms with van der Waals surface area (Å²) in [6.07, 6.45) is 0.873. The van der Waals surface area contributed by atoms with E-state index in [1.165, 1.54) is 0 Å². The molecule has 1 N–H and O–H groups in total. The van der Waals surface area contributed by atoms with Gasteiger partial charge in [0.25, 0.3) is 0 Å². The number of amides is 2. The maximum Gasteiger partial charge on any atom is 0.323 e. The lowest BCUT2D eigenvalue weighted by Crippen LogP contribution is -2.34. The normalized spacial score (nSPS) is 17.1. The molecule has 0 bridgehead atoms. The number of carbonyl (C=O) groups is 1. The van der Waals surface area contributed by atoms with Crippen molar-refractivity contribution < 1.29 is 4.79 Å². The lowest BCUT2D eigenvalue weighted by molar-refractivity contribution is 0.214. The Bertz CT molecular complexity index is 754. The van der Waals surface area contributed by atoms with E-state index in [2.05, 4.69) is 12.2 Å². The number of carbonyl (C=O) groups excluding carboxylic acids is 1. The first-order valence-corrected chi connectivity index (χ1v) is 9.62. The summed E-state index contributed by atoms with van der Waals surface area (Å²) >= 11 is 14.0. The fourth-order valence-electron chi connectivity index (χ4n) is 2.77. The third-order valence-electron chi connectivity index (χ3n) is 4.02. The Kier molecular flexibility index (Phi) is 5.59. The van der Waals surface area contributed by atoms with Crippen LogP contribution in [0.15, 0.2) is 42.5 Å². The minimum atomic E-state index is -0.100. The van der Waals surface area contributed by atoms with Gasteiger partial charge in [0.05, 0.1) is 0 Å². The number of urea groups is 1. The number of hydrogen-bond acceptors (Lipinski definition) is 2. The maximum absolute atomic E-state index is 12.8. The number of nitrogens with zero attached hydrogens (tertiary/aromatic N) is 1. The molecule has 0 unspecified atom stereocenters. The van der Waals surface area contributed by atoms with E-state index in [4.69, 9.17) is 23.2 Å². The Hall–Kier alpha value is -1.36. The summed E-state index contributed by atoms with van der Waals surface area (Å²) in [6.45, 7) is 2.77. The SMILES string of the molecule is CCc1ccccc1NC(=O)N1CCS[C@@H]1c1ccc(Cl)cc1Cl. The van der Waals surface area contributed by atoms with Crippen LogP contribution < -0.4 is 5.32 Å². The number of hydrogen-bond donors (Lipinski definition) is 1. The smallest absolute Gasteiger partial charge is 0.308 e. The minimum Gasteiger partial charge on any atom is -0.308 e. The third kappa shape index (κ3) is 3.66. The molecule has 1 saturated heterocycles. The highest BCUT2D eigenvalue weighted by Crippen LogP contribution is 2.41. The number of rotatable bonds is 3. The lowest BCUT2D eigenvalue weighted by Gasteiger charge is -2.25. The van der Waals surface area contributed by atoms with Gasteiger partial charge in [-0.2, -0.15) is 0 Å². The van der Waals surface area contributed by atoms with Gasteiger partial charge in [0.1, 0.15) is 5.37 Å². The van der Waals surface area contributed by atoms with Crippen molar-refractivity contribution in [3.8, 4) is 0 Å². The summed E-state index contributed by atoms with van der Waals surface area (Å²) in [6, 6.07) is 13.2. The second kappa shape index (κ2) is 7.68. The summed E-state index contributed by atoms with van der Waals surface area (Å²) in [5.74, 6) is 0.881. The Morgan fingerprint density at radius 3 is 2.83 bits per heavy atom. The highest BCUT2D eigenvalue weighted by Gasteiger charge is 2.32. The quantitative estimate of drug-likeness (QED) is 0.725. The molecular formula is C18H18Cl2N2OS. The van der Waals surface area contributed by atoms with Crippen LogP contribution in [0.4, 0.5) is 10.5 Å². The number of aryl methyl sites for hydroxylation is 1. The molecule has 0 spiro atoms. The average molecular weight is 381 g/mol. The summed E-state index contributed by atoms with van der Waals surface area (Å²) in [5, 5.41) is 4.13. The van der Waals surface area contributed by atoms with Gasteiger partial charge in [-0.1, -0.05) is 54.4 Å². The van der Waals surface area contributed by atoms with Crippen LogP contribution >= 0.6 is 35.0 Å². The number of para-hydroxylation sites is 1. The topological polar surface area (TPSA) is 32.3 Å².